The third-order valence-corrected chi connectivity index (χ3v) is 18.8. The van der Waals surface area contributed by atoms with Crippen molar-refractivity contribution in [2.75, 3.05) is 20.6 Å². The minimum absolute atomic E-state index is 0.0131. The van der Waals surface area contributed by atoms with E-state index >= 15 is 4.79 Å². The zero-order chi connectivity index (χ0) is 70.3. The van der Waals surface area contributed by atoms with Gasteiger partial charge in [0, 0.05) is 51.6 Å². The van der Waals surface area contributed by atoms with Crippen molar-refractivity contribution >= 4 is 65.7 Å². The van der Waals surface area contributed by atoms with E-state index in [1.165, 1.54) is 34.4 Å². The first-order valence-corrected chi connectivity index (χ1v) is 34.0. The molecule has 0 aromatic heterocycles. The number of nitrogens with one attached hydrogen (secondary N) is 5. The van der Waals surface area contributed by atoms with Gasteiger partial charge in [-0.15, -0.1) is 0 Å². The molecule has 0 saturated carbocycles. The molecule has 0 bridgehead atoms. The summed E-state index contributed by atoms with van der Waals surface area (Å²) in [6.07, 6.45) is 7.93. The third-order valence-electron chi connectivity index (χ3n) is 18.8. The molecule has 0 unspecified atom stereocenters. The molecule has 97 heavy (non-hydrogen) atoms. The quantitative estimate of drug-likeness (QED) is 0.0517. The Morgan fingerprint density at radius 3 is 1.52 bits per heavy atom. The summed E-state index contributed by atoms with van der Waals surface area (Å²) >= 11 is 0. The maximum atomic E-state index is 15.3. The van der Waals surface area contributed by atoms with Crippen LogP contribution in [0.2, 0.25) is 0 Å². The molecule has 0 radical (unpaired) electrons. The second kappa shape index (κ2) is 30.4. The monoisotopic (exact) mass is 1320 g/mol. The van der Waals surface area contributed by atoms with Crippen molar-refractivity contribution in [3.8, 4) is 0 Å². The molecule has 20 nitrogen and oxygen atoms in total. The van der Waals surface area contributed by atoms with E-state index in [0.29, 0.717) is 12.0 Å². The summed E-state index contributed by atoms with van der Waals surface area (Å²) in [4.78, 5) is 133. The van der Waals surface area contributed by atoms with E-state index in [4.69, 9.17) is 9.47 Å². The molecule has 0 spiro atoms. The van der Waals surface area contributed by atoms with Gasteiger partial charge in [-0.25, -0.2) is 9.59 Å². The molecule has 9 rings (SSSR count). The van der Waals surface area contributed by atoms with Gasteiger partial charge in [0.2, 0.25) is 35.4 Å². The largest absolute Gasteiger partial charge is 0.444 e. The molecule has 1 saturated heterocycles. The van der Waals surface area contributed by atoms with Crippen LogP contribution in [-0.4, -0.2) is 147 Å². The molecule has 9 amide bonds. The van der Waals surface area contributed by atoms with Gasteiger partial charge in [0.05, 0.1) is 12.1 Å². The second-order valence-electron chi connectivity index (χ2n) is 29.5. The summed E-state index contributed by atoms with van der Waals surface area (Å²) < 4.78 is 11.1. The highest BCUT2D eigenvalue weighted by atomic mass is 16.6. The fourth-order valence-corrected chi connectivity index (χ4v) is 13.1. The van der Waals surface area contributed by atoms with Crippen LogP contribution in [-0.2, 0) is 70.5 Å². The van der Waals surface area contributed by atoms with Gasteiger partial charge in [0.1, 0.15) is 47.5 Å². The average Bonchev–Trinajstić information content (AvgIpc) is 1.67. The number of rotatable bonds is 18. The second-order valence-corrected chi connectivity index (χ2v) is 29.5. The van der Waals surface area contributed by atoms with Gasteiger partial charge in [-0.3, -0.25) is 43.4 Å². The molecule has 9 atom stereocenters. The van der Waals surface area contributed by atoms with E-state index in [1.54, 1.807) is 84.6 Å². The van der Waals surface area contributed by atoms with E-state index in [9.17, 15) is 38.4 Å². The van der Waals surface area contributed by atoms with Gasteiger partial charge in [-0.1, -0.05) is 142 Å². The summed E-state index contributed by atoms with van der Waals surface area (Å²) in [5.41, 5.74) is 6.52. The molecule has 2 aliphatic carbocycles. The maximum absolute atomic E-state index is 15.3. The fraction of sp³-hybridized carbons (Fsp3) is 0.468. The molecule has 2 heterocycles. The number of carbonyl (C=O) groups is 9. The third kappa shape index (κ3) is 18.2. The molecular formula is C77H97N9O11. The van der Waals surface area contributed by atoms with Crippen LogP contribution in [0.25, 0.3) is 12.2 Å². The minimum atomic E-state index is -1.15. The van der Waals surface area contributed by atoms with Crippen LogP contribution in [0, 0.1) is 5.41 Å². The number of nitrogens with zero attached hydrogens (tertiary/aromatic N) is 4. The van der Waals surface area contributed by atoms with Gasteiger partial charge >= 0.3 is 12.2 Å². The number of carbonyl (C=O) groups excluding carboxylic acids is 9. The van der Waals surface area contributed by atoms with Gasteiger partial charge in [0.15, 0.2) is 0 Å². The van der Waals surface area contributed by atoms with Crippen molar-refractivity contribution in [1.82, 2.24) is 46.2 Å². The maximum Gasteiger partial charge on any atom is 0.410 e. The van der Waals surface area contributed by atoms with Crippen LogP contribution in [0.1, 0.15) is 181 Å². The number of aryl methyl sites for hydroxylation is 2. The van der Waals surface area contributed by atoms with Crippen LogP contribution >= 0.6 is 0 Å². The first kappa shape index (κ1) is 72.0. The minimum Gasteiger partial charge on any atom is -0.444 e. The van der Waals surface area contributed by atoms with Gasteiger partial charge in [-0.2, -0.15) is 0 Å². The lowest BCUT2D eigenvalue weighted by molar-refractivity contribution is -0.145. The Balaban J connectivity index is 0.893. The highest BCUT2D eigenvalue weighted by Gasteiger charge is 2.47. The van der Waals surface area contributed by atoms with Crippen molar-refractivity contribution in [1.29, 1.82) is 0 Å². The molecule has 1 fully saturated rings. The normalized spacial score (nSPS) is 19.7. The molecule has 20 heteroatoms. The van der Waals surface area contributed by atoms with Crippen LogP contribution in [0.3, 0.4) is 0 Å². The lowest BCUT2D eigenvalue weighted by Crippen LogP contribution is -2.60. The van der Waals surface area contributed by atoms with E-state index in [1.807, 2.05) is 118 Å². The average molecular weight is 1320 g/mol. The molecule has 5 N–H and O–H groups in total. The van der Waals surface area contributed by atoms with Gasteiger partial charge < -0.3 is 45.9 Å². The number of ether oxygens (including phenoxy) is 2. The number of likely N-dealkylation sites (N-methyl/N-ethyl adjacent to an activating group) is 2. The Kier molecular flexibility index (Phi) is 22.5. The zero-order valence-electron chi connectivity index (χ0n) is 58.5. The Labute approximate surface area is 571 Å². The molecule has 5 aromatic rings. The Hall–Kier alpha value is -9.33. The van der Waals surface area contributed by atoms with E-state index in [0.717, 1.165) is 76.6 Å². The van der Waals surface area contributed by atoms with Crippen LogP contribution in [0.4, 0.5) is 9.59 Å². The van der Waals surface area contributed by atoms with E-state index in [-0.39, 0.29) is 56.3 Å². The van der Waals surface area contributed by atoms with Crippen molar-refractivity contribution in [3.63, 3.8) is 0 Å². The first-order chi connectivity index (χ1) is 45.8. The lowest BCUT2D eigenvalue weighted by atomic mass is 9.85. The lowest BCUT2D eigenvalue weighted by Gasteiger charge is -2.39. The standard InChI is InChI=1S/C77H97N9O11/c1-47(83(12)73(94)96-76(6,7)8)66(87)81-62(71(92)85-45-56-25-15-14-24-55(56)43-63(85)69(90)79-60-30-20-26-52-22-16-18-28-58(52)60)42-51-36-34-49(35-37-51)32-33-50-38-40-54(41-39-50)68(89)78-57-44-64(70(91)80-61-31-21-27-53-23-17-19-29-59(53)61)86(46-57)72(93)65(75(3,4)5)82-67(88)48(2)84(13)74(95)97-77(9,10)11/h14-19,22-25,28-29,32-41,47-48,57,60-65H,20-21,26-27,30-31,42-46H2,1-13H3,(H,78,89)(H,79,90)(H,80,91)(H,81,87)(H,82,88)/b33-32+/t47-,48-,57-,60+,61+,62-,63-,64-,65+/m0/s1. The number of hydrogen-bond acceptors (Lipinski definition) is 11. The predicted octanol–water partition coefficient (Wildman–Crippen LogP) is 9.97. The van der Waals surface area contributed by atoms with E-state index in [2.05, 4.69) is 38.7 Å². The summed E-state index contributed by atoms with van der Waals surface area (Å²) in [5, 5.41) is 15.5. The Bertz CT molecular complexity index is 3750. The predicted molar refractivity (Wildman–Crippen MR) is 372 cm³/mol. The van der Waals surface area contributed by atoms with Crippen LogP contribution in [0.15, 0.2) is 121 Å². The zero-order valence-corrected chi connectivity index (χ0v) is 58.5. The summed E-state index contributed by atoms with van der Waals surface area (Å²) in [6.45, 7) is 19.1. The fourth-order valence-electron chi connectivity index (χ4n) is 13.1. The Morgan fingerprint density at radius 2 is 1.01 bits per heavy atom. The molecule has 516 valence electrons. The van der Waals surface area contributed by atoms with Crippen LogP contribution < -0.4 is 26.6 Å². The van der Waals surface area contributed by atoms with Crippen molar-refractivity contribution in [2.24, 2.45) is 5.41 Å². The van der Waals surface area contributed by atoms with E-state index < -0.39 is 101 Å². The molecule has 4 aliphatic rings. The van der Waals surface area contributed by atoms with Gasteiger partial charge in [0.25, 0.3) is 5.91 Å². The molecule has 5 aromatic carbocycles. The topological polar surface area (TPSA) is 245 Å². The van der Waals surface area contributed by atoms with Crippen molar-refractivity contribution in [2.45, 2.75) is 206 Å². The first-order valence-electron chi connectivity index (χ1n) is 34.0. The number of hydrogen-bond donors (Lipinski definition) is 5. The SMILES string of the molecule is C[C@@H](C(=O)N[C@@H](Cc1ccc(/C=C/c2ccc(C(=O)N[C@H]3C[C@@H](C(=O)N[C@@H]4CCCc5ccccc54)N(C(=O)[C@@H](NC(=O)[C@H](C)N(C)C(=O)OC(C)(C)C)C(C)(C)C)C3)cc2)cc1)C(=O)N1Cc2ccccc2C[C@H]1C(=O)N[C@@H]1CCCc2ccccc21)N(C)C(=O)OC(C)(C)C. The molecule has 2 aliphatic heterocycles. The summed E-state index contributed by atoms with van der Waals surface area (Å²) in [6, 6.07) is 31.1. The Morgan fingerprint density at radius 1 is 0.546 bits per heavy atom. The smallest absolute Gasteiger partial charge is 0.410 e. The van der Waals surface area contributed by atoms with Crippen molar-refractivity contribution < 1.29 is 52.6 Å². The van der Waals surface area contributed by atoms with Crippen LogP contribution in [0.5, 0.6) is 0 Å². The number of amides is 9. The van der Waals surface area contributed by atoms with Crippen molar-refractivity contribution in [3.05, 3.63) is 177 Å². The number of fused-ring (bicyclic) bond motifs is 3. The molecular weight excluding hydrogens is 1230 g/mol. The summed E-state index contributed by atoms with van der Waals surface area (Å²) in [5.74, 6) is -3.16. The highest BCUT2D eigenvalue weighted by Crippen LogP contribution is 2.34. The van der Waals surface area contributed by atoms with Gasteiger partial charge in [-0.05, 0) is 168 Å². The summed E-state index contributed by atoms with van der Waals surface area (Å²) in [7, 11) is 2.93. The number of benzene rings is 5. The highest BCUT2D eigenvalue weighted by molar-refractivity contribution is 5.98. The number of likely N-dealkylation sites (tertiary alicyclic amines) is 1.